The van der Waals surface area contributed by atoms with E-state index in [0.717, 1.165) is 12.4 Å². The lowest BCUT2D eigenvalue weighted by molar-refractivity contribution is 0.0521. The summed E-state index contributed by atoms with van der Waals surface area (Å²) in [5, 5.41) is 0. The fourth-order valence-electron chi connectivity index (χ4n) is 2.46. The third-order valence-corrected chi connectivity index (χ3v) is 3.00. The summed E-state index contributed by atoms with van der Waals surface area (Å²) in [4.78, 5) is 18.2. The van der Waals surface area contributed by atoms with Gasteiger partial charge in [-0.25, -0.2) is 9.78 Å². The zero-order chi connectivity index (χ0) is 15.5. The number of rotatable bonds is 6. The van der Waals surface area contributed by atoms with Crippen LogP contribution in [0.3, 0.4) is 0 Å². The number of carbonyl (C=O) groups is 1. The van der Waals surface area contributed by atoms with Gasteiger partial charge in [0.25, 0.3) is 0 Å². The van der Waals surface area contributed by atoms with Gasteiger partial charge in [-0.2, -0.15) is 0 Å². The molecule has 6 nitrogen and oxygen atoms in total. The highest BCUT2D eigenvalue weighted by molar-refractivity contribution is 5.92. The maximum Gasteiger partial charge on any atom is 0.360 e. The largest absolute Gasteiger partial charge is 0.461 e. The minimum Gasteiger partial charge on any atom is -0.461 e. The number of imidazole rings is 1. The molecule has 6 heteroatoms. The Kier molecular flexibility index (Phi) is 5.16. The summed E-state index contributed by atoms with van der Waals surface area (Å²) >= 11 is 0. The fourth-order valence-corrected chi connectivity index (χ4v) is 2.46. The van der Waals surface area contributed by atoms with Gasteiger partial charge in [0.1, 0.15) is 11.6 Å². The van der Waals surface area contributed by atoms with Gasteiger partial charge in [0.15, 0.2) is 5.69 Å². The lowest BCUT2D eigenvalue weighted by Crippen LogP contribution is -2.33. The Balaban J connectivity index is 3.00. The second-order valence-corrected chi connectivity index (χ2v) is 6.10. The molecule has 20 heavy (non-hydrogen) atoms. The Hall–Kier alpha value is -1.56. The average molecular weight is 282 g/mol. The van der Waals surface area contributed by atoms with Gasteiger partial charge in [0, 0.05) is 13.1 Å². The van der Waals surface area contributed by atoms with Crippen LogP contribution in [0, 0.1) is 12.3 Å². The summed E-state index contributed by atoms with van der Waals surface area (Å²) in [6.07, 6.45) is 0. The van der Waals surface area contributed by atoms with E-state index in [2.05, 4.69) is 23.7 Å². The Bertz CT molecular complexity index is 478. The van der Waals surface area contributed by atoms with Gasteiger partial charge in [-0.3, -0.25) is 0 Å². The first-order valence-corrected chi connectivity index (χ1v) is 6.82. The van der Waals surface area contributed by atoms with Crippen molar-refractivity contribution in [3.63, 3.8) is 0 Å². The highest BCUT2D eigenvalue weighted by atomic mass is 16.5. The summed E-state index contributed by atoms with van der Waals surface area (Å²) in [5.74, 6) is 0.655. The molecule has 0 saturated heterocycles. The average Bonchev–Trinajstić information content (AvgIpc) is 2.55. The Morgan fingerprint density at radius 2 is 2.05 bits per heavy atom. The lowest BCUT2D eigenvalue weighted by atomic mass is 9.93. The number of ether oxygens (including phenoxy) is 1. The molecule has 0 aromatic carbocycles. The topological polar surface area (TPSA) is 73.4 Å². The van der Waals surface area contributed by atoms with Crippen molar-refractivity contribution in [2.24, 2.45) is 5.41 Å². The molecule has 0 bridgehead atoms. The van der Waals surface area contributed by atoms with Gasteiger partial charge in [-0.15, -0.1) is 0 Å². The van der Waals surface area contributed by atoms with Crippen molar-refractivity contribution in [3.8, 4) is 0 Å². The third-order valence-electron chi connectivity index (χ3n) is 3.00. The fraction of sp³-hybridized carbons (Fsp3) is 0.714. The van der Waals surface area contributed by atoms with Crippen molar-refractivity contribution >= 4 is 11.8 Å². The number of hydrogen-bond donors (Lipinski definition) is 1. The minimum atomic E-state index is -0.461. The van der Waals surface area contributed by atoms with E-state index >= 15 is 0 Å². The molecule has 0 radical (unpaired) electrons. The number of carbonyl (C=O) groups excluding carboxylic acids is 1. The molecule has 114 valence electrons. The van der Waals surface area contributed by atoms with E-state index < -0.39 is 5.97 Å². The van der Waals surface area contributed by atoms with Crippen molar-refractivity contribution in [2.75, 3.05) is 33.0 Å². The molecule has 1 aromatic rings. The molecule has 1 aromatic heterocycles. The summed E-state index contributed by atoms with van der Waals surface area (Å²) in [6.45, 7) is 9.87. The van der Waals surface area contributed by atoms with Gasteiger partial charge < -0.3 is 19.9 Å². The molecule has 1 heterocycles. The monoisotopic (exact) mass is 282 g/mol. The molecule has 1 rings (SSSR count). The highest BCUT2D eigenvalue weighted by Crippen LogP contribution is 2.24. The van der Waals surface area contributed by atoms with Crippen LogP contribution in [0.5, 0.6) is 0 Å². The van der Waals surface area contributed by atoms with Gasteiger partial charge in [-0.1, -0.05) is 13.8 Å². The van der Waals surface area contributed by atoms with E-state index in [4.69, 9.17) is 10.5 Å². The normalized spacial score (nSPS) is 11.9. The molecular weight excluding hydrogens is 256 g/mol. The Morgan fingerprint density at radius 1 is 1.45 bits per heavy atom. The Morgan fingerprint density at radius 3 is 2.55 bits per heavy atom. The van der Waals surface area contributed by atoms with Crippen LogP contribution in [0.1, 0.15) is 37.1 Å². The van der Waals surface area contributed by atoms with Gasteiger partial charge in [-0.05, 0) is 33.4 Å². The number of nitrogen functional groups attached to an aromatic ring is 1. The van der Waals surface area contributed by atoms with Crippen LogP contribution in [-0.4, -0.2) is 47.7 Å². The van der Waals surface area contributed by atoms with Crippen LogP contribution in [0.25, 0.3) is 0 Å². The van der Waals surface area contributed by atoms with Crippen molar-refractivity contribution < 1.29 is 9.53 Å². The predicted octanol–water partition coefficient (Wildman–Crippen LogP) is 1.54. The smallest absolute Gasteiger partial charge is 0.360 e. The summed E-state index contributed by atoms with van der Waals surface area (Å²) in [7, 11) is 4.08. The van der Waals surface area contributed by atoms with Crippen molar-refractivity contribution in [1.29, 1.82) is 0 Å². The van der Waals surface area contributed by atoms with Crippen LogP contribution in [0.2, 0.25) is 0 Å². The number of nitrogens with two attached hydrogens (primary N) is 1. The predicted molar refractivity (Wildman–Crippen MR) is 79.7 cm³/mol. The van der Waals surface area contributed by atoms with E-state index in [-0.39, 0.29) is 11.1 Å². The van der Waals surface area contributed by atoms with Crippen molar-refractivity contribution in [1.82, 2.24) is 14.5 Å². The van der Waals surface area contributed by atoms with Crippen LogP contribution < -0.4 is 5.73 Å². The SMILES string of the molecule is CCOC(=O)c1nc(C)n(CC(C)(C)CN(C)C)c1N. The zero-order valence-corrected chi connectivity index (χ0v) is 13.4. The molecule has 0 unspecified atom stereocenters. The molecule has 0 aliphatic heterocycles. The molecule has 0 spiro atoms. The summed E-state index contributed by atoms with van der Waals surface area (Å²) in [5.41, 5.74) is 6.30. The lowest BCUT2D eigenvalue weighted by Gasteiger charge is -2.29. The van der Waals surface area contributed by atoms with Crippen LogP contribution >= 0.6 is 0 Å². The molecule has 0 fully saturated rings. The number of aromatic nitrogens is 2. The van der Waals surface area contributed by atoms with Gasteiger partial charge >= 0.3 is 5.97 Å². The quantitative estimate of drug-likeness (QED) is 0.801. The zero-order valence-electron chi connectivity index (χ0n) is 13.4. The Labute approximate surface area is 120 Å². The van der Waals surface area contributed by atoms with Gasteiger partial charge in [0.2, 0.25) is 0 Å². The van der Waals surface area contributed by atoms with E-state index in [1.54, 1.807) is 6.92 Å². The minimum absolute atomic E-state index is 0.0228. The van der Waals surface area contributed by atoms with Gasteiger partial charge in [0.05, 0.1) is 6.61 Å². The van der Waals surface area contributed by atoms with Crippen LogP contribution in [0.15, 0.2) is 0 Å². The highest BCUT2D eigenvalue weighted by Gasteiger charge is 2.25. The first-order chi connectivity index (χ1) is 9.18. The second-order valence-electron chi connectivity index (χ2n) is 6.10. The maximum atomic E-state index is 11.8. The number of anilines is 1. The second kappa shape index (κ2) is 6.26. The molecule has 0 aliphatic rings. The van der Waals surface area contributed by atoms with E-state index in [1.807, 2.05) is 25.6 Å². The molecule has 0 amide bonds. The summed E-state index contributed by atoms with van der Waals surface area (Å²) in [6, 6.07) is 0. The molecule has 2 N–H and O–H groups in total. The number of aryl methyl sites for hydroxylation is 1. The molecule has 0 atom stereocenters. The van der Waals surface area contributed by atoms with E-state index in [1.165, 1.54) is 0 Å². The first kappa shape index (κ1) is 16.5. The molecule has 0 saturated carbocycles. The van der Waals surface area contributed by atoms with Crippen LogP contribution in [0.4, 0.5) is 5.82 Å². The van der Waals surface area contributed by atoms with E-state index in [0.29, 0.717) is 19.0 Å². The molecule has 0 aliphatic carbocycles. The maximum absolute atomic E-state index is 11.8. The summed E-state index contributed by atoms with van der Waals surface area (Å²) < 4.78 is 6.85. The van der Waals surface area contributed by atoms with Crippen LogP contribution in [-0.2, 0) is 11.3 Å². The number of esters is 1. The molecular formula is C14H26N4O2. The number of hydrogen-bond acceptors (Lipinski definition) is 5. The first-order valence-electron chi connectivity index (χ1n) is 6.82. The third kappa shape index (κ3) is 3.96. The van der Waals surface area contributed by atoms with Crippen molar-refractivity contribution in [3.05, 3.63) is 11.5 Å². The standard InChI is InChI=1S/C14H26N4O2/c1-7-20-13(19)11-12(15)18(10(2)16-11)9-14(3,4)8-17(5)6/h7-9,15H2,1-6H3. The van der Waals surface area contributed by atoms with Crippen molar-refractivity contribution in [2.45, 2.75) is 34.2 Å². The van der Waals surface area contributed by atoms with E-state index in [9.17, 15) is 4.79 Å². The number of nitrogens with zero attached hydrogens (tertiary/aromatic N) is 3.